The van der Waals surface area contributed by atoms with Crippen molar-refractivity contribution in [1.29, 1.82) is 5.41 Å². The van der Waals surface area contributed by atoms with Gasteiger partial charge in [-0.15, -0.1) is 0 Å². The first kappa shape index (κ1) is 15.7. The van der Waals surface area contributed by atoms with Crippen molar-refractivity contribution in [1.82, 2.24) is 9.97 Å². The number of benzene rings is 2. The molecule has 1 aromatic heterocycles. The maximum Gasteiger partial charge on any atom is 0.140 e. The van der Waals surface area contributed by atoms with Crippen LogP contribution in [0.1, 0.15) is 18.1 Å². The van der Waals surface area contributed by atoms with Crippen LogP contribution in [-0.2, 0) is 0 Å². The number of rotatable bonds is 5. The van der Waals surface area contributed by atoms with Crippen molar-refractivity contribution < 1.29 is 4.74 Å². The Kier molecular flexibility index (Phi) is 4.29. The van der Waals surface area contributed by atoms with Crippen LogP contribution in [0.3, 0.4) is 0 Å². The zero-order valence-corrected chi connectivity index (χ0v) is 13.6. The standard InChI is InChI=1S/C18H19N5O/c1-3-24-14-7-6-11-8-13(5-4-12(11)9-14)16(19)15-17(20)22-10-23-18(15)21-2/h4-10,19H,3H2,1-2H3,(H3,20,21,22,23). The topological polar surface area (TPSA) is 96.9 Å². The van der Waals surface area contributed by atoms with Crippen LogP contribution in [0.4, 0.5) is 11.6 Å². The molecule has 2 aromatic carbocycles. The van der Waals surface area contributed by atoms with Crippen LogP contribution in [0, 0.1) is 5.41 Å². The fourth-order valence-corrected chi connectivity index (χ4v) is 2.62. The summed E-state index contributed by atoms with van der Waals surface area (Å²) in [7, 11) is 1.74. The van der Waals surface area contributed by atoms with Crippen molar-refractivity contribution in [3.8, 4) is 5.75 Å². The Balaban J connectivity index is 2.04. The summed E-state index contributed by atoms with van der Waals surface area (Å²) in [6, 6.07) is 11.7. The molecule has 0 aliphatic rings. The van der Waals surface area contributed by atoms with Gasteiger partial charge in [-0.25, -0.2) is 9.97 Å². The smallest absolute Gasteiger partial charge is 0.140 e. The monoisotopic (exact) mass is 321 g/mol. The van der Waals surface area contributed by atoms with Crippen LogP contribution in [0.5, 0.6) is 5.75 Å². The SMILES string of the molecule is CCOc1ccc2cc(C(=N)c3c(N)ncnc3NC)ccc2c1. The van der Waals surface area contributed by atoms with Gasteiger partial charge in [0.1, 0.15) is 23.7 Å². The number of aromatic nitrogens is 2. The number of fused-ring (bicyclic) bond motifs is 1. The molecule has 0 atom stereocenters. The number of anilines is 2. The van der Waals surface area contributed by atoms with Crippen LogP contribution in [0.15, 0.2) is 42.7 Å². The maximum atomic E-state index is 8.51. The number of hydrogen-bond donors (Lipinski definition) is 3. The van der Waals surface area contributed by atoms with Crippen molar-refractivity contribution in [2.45, 2.75) is 6.92 Å². The molecule has 0 fully saturated rings. The fourth-order valence-electron chi connectivity index (χ4n) is 2.62. The van der Waals surface area contributed by atoms with E-state index in [2.05, 4.69) is 15.3 Å². The van der Waals surface area contributed by atoms with E-state index in [4.69, 9.17) is 15.9 Å². The summed E-state index contributed by atoms with van der Waals surface area (Å²) < 4.78 is 5.52. The van der Waals surface area contributed by atoms with Gasteiger partial charge in [-0.05, 0) is 35.9 Å². The van der Waals surface area contributed by atoms with Crippen LogP contribution >= 0.6 is 0 Å². The van der Waals surface area contributed by atoms with Gasteiger partial charge in [0.05, 0.1) is 17.9 Å². The van der Waals surface area contributed by atoms with Crippen molar-refractivity contribution >= 4 is 28.1 Å². The second-order valence-corrected chi connectivity index (χ2v) is 5.26. The van der Waals surface area contributed by atoms with E-state index in [-0.39, 0.29) is 11.5 Å². The van der Waals surface area contributed by atoms with E-state index in [9.17, 15) is 0 Å². The predicted octanol–water partition coefficient (Wildman–Crippen LogP) is 3.07. The molecule has 6 nitrogen and oxygen atoms in total. The minimum Gasteiger partial charge on any atom is -0.494 e. The highest BCUT2D eigenvalue weighted by molar-refractivity contribution is 6.17. The van der Waals surface area contributed by atoms with Gasteiger partial charge < -0.3 is 15.8 Å². The number of nitrogens with zero attached hydrogens (tertiary/aromatic N) is 2. The summed E-state index contributed by atoms with van der Waals surface area (Å²) in [4.78, 5) is 8.14. The van der Waals surface area contributed by atoms with Crippen LogP contribution in [0.25, 0.3) is 10.8 Å². The summed E-state index contributed by atoms with van der Waals surface area (Å²) >= 11 is 0. The van der Waals surface area contributed by atoms with E-state index in [1.807, 2.05) is 43.3 Å². The van der Waals surface area contributed by atoms with Gasteiger partial charge in [-0.2, -0.15) is 0 Å². The average molecular weight is 321 g/mol. The third kappa shape index (κ3) is 2.86. The zero-order chi connectivity index (χ0) is 17.1. The van der Waals surface area contributed by atoms with Gasteiger partial charge in [0.2, 0.25) is 0 Å². The van der Waals surface area contributed by atoms with Gasteiger partial charge in [0, 0.05) is 12.6 Å². The highest BCUT2D eigenvalue weighted by Gasteiger charge is 2.15. The molecule has 0 unspecified atom stereocenters. The highest BCUT2D eigenvalue weighted by Crippen LogP contribution is 2.25. The summed E-state index contributed by atoms with van der Waals surface area (Å²) in [5.41, 5.74) is 7.50. The maximum absolute atomic E-state index is 8.51. The molecule has 6 heteroatoms. The Hall–Kier alpha value is -3.15. The molecular weight excluding hydrogens is 302 g/mol. The van der Waals surface area contributed by atoms with Gasteiger partial charge in [-0.1, -0.05) is 18.2 Å². The number of nitrogens with one attached hydrogen (secondary N) is 2. The minimum absolute atomic E-state index is 0.283. The Bertz CT molecular complexity index is 907. The van der Waals surface area contributed by atoms with Crippen molar-refractivity contribution in [3.63, 3.8) is 0 Å². The molecule has 3 aromatic rings. The minimum atomic E-state index is 0.283. The Morgan fingerprint density at radius 3 is 2.67 bits per heavy atom. The molecule has 3 rings (SSSR count). The molecule has 122 valence electrons. The lowest BCUT2D eigenvalue weighted by molar-refractivity contribution is 0.341. The van der Waals surface area contributed by atoms with Crippen molar-refractivity contribution in [3.05, 3.63) is 53.9 Å². The molecule has 0 saturated carbocycles. The molecule has 0 amide bonds. The van der Waals surface area contributed by atoms with Gasteiger partial charge in [0.25, 0.3) is 0 Å². The summed E-state index contributed by atoms with van der Waals surface area (Å²) in [5.74, 6) is 1.66. The van der Waals surface area contributed by atoms with Crippen LogP contribution in [0.2, 0.25) is 0 Å². The van der Waals surface area contributed by atoms with Crippen molar-refractivity contribution in [2.75, 3.05) is 24.7 Å². The lowest BCUT2D eigenvalue weighted by Gasteiger charge is -2.12. The first-order valence-corrected chi connectivity index (χ1v) is 7.68. The van der Waals surface area contributed by atoms with Crippen LogP contribution < -0.4 is 15.8 Å². The Morgan fingerprint density at radius 2 is 1.92 bits per heavy atom. The molecule has 24 heavy (non-hydrogen) atoms. The second-order valence-electron chi connectivity index (χ2n) is 5.26. The highest BCUT2D eigenvalue weighted by atomic mass is 16.5. The largest absolute Gasteiger partial charge is 0.494 e. The van der Waals surface area contributed by atoms with Crippen LogP contribution in [-0.4, -0.2) is 29.3 Å². The molecule has 4 N–H and O–H groups in total. The zero-order valence-electron chi connectivity index (χ0n) is 13.6. The molecule has 0 aliphatic carbocycles. The lowest BCUT2D eigenvalue weighted by Crippen LogP contribution is -2.12. The summed E-state index contributed by atoms with van der Waals surface area (Å²) in [5, 5.41) is 13.6. The Labute approximate surface area is 140 Å². The third-order valence-electron chi connectivity index (χ3n) is 3.77. The molecule has 0 radical (unpaired) electrons. The number of ether oxygens (including phenoxy) is 1. The molecular formula is C18H19N5O. The van der Waals surface area contributed by atoms with Gasteiger partial charge >= 0.3 is 0 Å². The van der Waals surface area contributed by atoms with E-state index in [1.165, 1.54) is 6.33 Å². The normalized spacial score (nSPS) is 10.6. The molecule has 0 bridgehead atoms. The molecule has 0 spiro atoms. The molecule has 0 aliphatic heterocycles. The number of nitrogens with two attached hydrogens (primary N) is 1. The van der Waals surface area contributed by atoms with Crippen molar-refractivity contribution in [2.24, 2.45) is 0 Å². The van der Waals surface area contributed by atoms with Gasteiger partial charge in [-0.3, -0.25) is 5.41 Å². The summed E-state index contributed by atoms with van der Waals surface area (Å²) in [6.45, 7) is 2.59. The fraction of sp³-hybridized carbons (Fsp3) is 0.167. The predicted molar refractivity (Wildman–Crippen MR) is 97.0 cm³/mol. The van der Waals surface area contributed by atoms with E-state index in [0.29, 0.717) is 18.0 Å². The first-order valence-electron chi connectivity index (χ1n) is 7.68. The Morgan fingerprint density at radius 1 is 1.17 bits per heavy atom. The quantitative estimate of drug-likeness (QED) is 0.628. The van der Waals surface area contributed by atoms with E-state index >= 15 is 0 Å². The summed E-state index contributed by atoms with van der Waals surface area (Å²) in [6.07, 6.45) is 1.38. The number of hydrogen-bond acceptors (Lipinski definition) is 6. The van der Waals surface area contributed by atoms with E-state index in [0.717, 1.165) is 22.1 Å². The van der Waals surface area contributed by atoms with Gasteiger partial charge in [0.15, 0.2) is 0 Å². The third-order valence-corrected chi connectivity index (χ3v) is 3.77. The van der Waals surface area contributed by atoms with E-state index < -0.39 is 0 Å². The molecule has 1 heterocycles. The second kappa shape index (κ2) is 6.54. The average Bonchev–Trinajstić information content (AvgIpc) is 2.60. The van der Waals surface area contributed by atoms with E-state index in [1.54, 1.807) is 7.05 Å². The first-order chi connectivity index (χ1) is 11.6. The lowest BCUT2D eigenvalue weighted by atomic mass is 9.99. The molecule has 0 saturated heterocycles. The number of nitrogen functional groups attached to an aromatic ring is 1.